The lowest BCUT2D eigenvalue weighted by molar-refractivity contribution is 0.0410. The highest BCUT2D eigenvalue weighted by atomic mass is 79.9. The highest BCUT2D eigenvalue weighted by molar-refractivity contribution is 9.10. The molecule has 1 N–H and O–H groups in total. The molecule has 0 heterocycles. The average Bonchev–Trinajstić information content (AvgIpc) is 2.44. The molecule has 0 saturated heterocycles. The molecule has 1 atom stereocenters. The minimum absolute atomic E-state index is 0.0204. The Morgan fingerprint density at radius 3 is 2.60 bits per heavy atom. The summed E-state index contributed by atoms with van der Waals surface area (Å²) in [6.45, 7) is 1.31. The predicted molar refractivity (Wildman–Crippen MR) is 87.1 cm³/mol. The van der Waals surface area contributed by atoms with E-state index < -0.39 is 0 Å². The van der Waals surface area contributed by atoms with Crippen LogP contribution in [-0.2, 0) is 11.3 Å². The summed E-state index contributed by atoms with van der Waals surface area (Å²) in [5.41, 5.74) is 2.24. The van der Waals surface area contributed by atoms with Gasteiger partial charge in [0.2, 0.25) is 0 Å². The van der Waals surface area contributed by atoms with Crippen LogP contribution in [0.25, 0.3) is 0 Å². The Balaban J connectivity index is 2.04. The van der Waals surface area contributed by atoms with E-state index in [2.05, 4.69) is 33.4 Å². The van der Waals surface area contributed by atoms with Crippen molar-refractivity contribution in [2.45, 2.75) is 12.7 Å². The molecule has 0 aliphatic carbocycles. The van der Waals surface area contributed by atoms with Gasteiger partial charge < -0.3 is 10.1 Å². The third-order valence-corrected chi connectivity index (χ3v) is 3.74. The summed E-state index contributed by atoms with van der Waals surface area (Å²) in [6.07, 6.45) is 0.0204. The summed E-state index contributed by atoms with van der Waals surface area (Å²) in [4.78, 5) is 0. The number of benzene rings is 2. The van der Waals surface area contributed by atoms with Gasteiger partial charge in [-0.3, -0.25) is 0 Å². The minimum atomic E-state index is 0.0204. The van der Waals surface area contributed by atoms with Crippen molar-refractivity contribution < 1.29 is 4.74 Å². The van der Waals surface area contributed by atoms with Crippen LogP contribution in [0.1, 0.15) is 17.2 Å². The molecule has 1 unspecified atom stereocenters. The van der Waals surface area contributed by atoms with Crippen molar-refractivity contribution in [2.75, 3.05) is 13.6 Å². The maximum absolute atomic E-state index is 6.01. The smallest absolute Gasteiger partial charge is 0.0953 e. The van der Waals surface area contributed by atoms with E-state index in [0.29, 0.717) is 6.61 Å². The van der Waals surface area contributed by atoms with Crippen LogP contribution in [-0.4, -0.2) is 13.6 Å². The molecule has 0 spiro atoms. The quantitative estimate of drug-likeness (QED) is 0.820. The van der Waals surface area contributed by atoms with Gasteiger partial charge in [-0.2, -0.15) is 0 Å². The molecule has 0 amide bonds. The Kier molecular flexibility index (Phi) is 6.05. The highest BCUT2D eigenvalue weighted by Crippen LogP contribution is 2.21. The Morgan fingerprint density at radius 1 is 1.20 bits per heavy atom. The molecular formula is C16H17BrClNO. The van der Waals surface area contributed by atoms with E-state index >= 15 is 0 Å². The Morgan fingerprint density at radius 2 is 1.95 bits per heavy atom. The molecular weight excluding hydrogens is 338 g/mol. The van der Waals surface area contributed by atoms with Gasteiger partial charge in [0.25, 0.3) is 0 Å². The molecule has 4 heteroatoms. The molecule has 0 fully saturated rings. The third kappa shape index (κ3) is 4.60. The number of nitrogens with one attached hydrogen (secondary N) is 1. The summed E-state index contributed by atoms with van der Waals surface area (Å²) in [5.74, 6) is 0. The van der Waals surface area contributed by atoms with Crippen molar-refractivity contribution in [1.82, 2.24) is 5.32 Å². The lowest BCUT2D eigenvalue weighted by Gasteiger charge is -2.18. The van der Waals surface area contributed by atoms with Gasteiger partial charge in [-0.05, 0) is 42.4 Å². The fourth-order valence-electron chi connectivity index (χ4n) is 1.96. The topological polar surface area (TPSA) is 21.3 Å². The van der Waals surface area contributed by atoms with Crippen LogP contribution in [0.15, 0.2) is 53.0 Å². The van der Waals surface area contributed by atoms with Gasteiger partial charge in [0.1, 0.15) is 0 Å². The van der Waals surface area contributed by atoms with Crippen LogP contribution in [0, 0.1) is 0 Å². The van der Waals surface area contributed by atoms with E-state index in [9.17, 15) is 0 Å². The second kappa shape index (κ2) is 7.79. The molecule has 0 saturated carbocycles. The molecule has 0 bridgehead atoms. The summed E-state index contributed by atoms with van der Waals surface area (Å²) in [5, 5.41) is 3.90. The zero-order chi connectivity index (χ0) is 14.4. The first-order chi connectivity index (χ1) is 9.69. The molecule has 0 radical (unpaired) electrons. The summed E-state index contributed by atoms with van der Waals surface area (Å²) in [7, 11) is 1.93. The van der Waals surface area contributed by atoms with Crippen LogP contribution >= 0.6 is 27.5 Å². The van der Waals surface area contributed by atoms with Gasteiger partial charge in [0.15, 0.2) is 0 Å². The van der Waals surface area contributed by atoms with Crippen LogP contribution < -0.4 is 5.32 Å². The first kappa shape index (κ1) is 15.5. The molecule has 2 aromatic carbocycles. The molecule has 106 valence electrons. The van der Waals surface area contributed by atoms with Gasteiger partial charge in [0.05, 0.1) is 12.7 Å². The molecule has 0 aliphatic rings. The van der Waals surface area contributed by atoms with Crippen molar-refractivity contribution in [3.05, 3.63) is 69.2 Å². The zero-order valence-corrected chi connectivity index (χ0v) is 13.6. The highest BCUT2D eigenvalue weighted by Gasteiger charge is 2.11. The zero-order valence-electron chi connectivity index (χ0n) is 11.3. The molecule has 0 aromatic heterocycles. The van der Waals surface area contributed by atoms with Crippen molar-refractivity contribution in [2.24, 2.45) is 0 Å². The van der Waals surface area contributed by atoms with E-state index in [1.165, 1.54) is 0 Å². The lowest BCUT2D eigenvalue weighted by atomic mass is 10.1. The largest absolute Gasteiger partial charge is 0.368 e. The van der Waals surface area contributed by atoms with Gasteiger partial charge in [-0.1, -0.05) is 51.8 Å². The van der Waals surface area contributed by atoms with Gasteiger partial charge in [-0.15, -0.1) is 0 Å². The Hall–Kier alpha value is -0.870. The van der Waals surface area contributed by atoms with Gasteiger partial charge in [-0.25, -0.2) is 0 Å². The number of halogens is 2. The molecule has 2 nitrogen and oxygen atoms in total. The maximum Gasteiger partial charge on any atom is 0.0953 e. The van der Waals surface area contributed by atoms with Crippen LogP contribution in [0.3, 0.4) is 0 Å². The summed E-state index contributed by atoms with van der Waals surface area (Å²) in [6, 6.07) is 16.0. The fourth-order valence-corrected chi connectivity index (χ4v) is 2.44. The van der Waals surface area contributed by atoms with Crippen molar-refractivity contribution in [1.29, 1.82) is 0 Å². The fraction of sp³-hybridized carbons (Fsp3) is 0.250. The van der Waals surface area contributed by atoms with E-state index in [1.807, 2.05) is 43.4 Å². The second-order valence-electron chi connectivity index (χ2n) is 4.54. The van der Waals surface area contributed by atoms with E-state index in [1.54, 1.807) is 0 Å². The van der Waals surface area contributed by atoms with Crippen molar-refractivity contribution >= 4 is 27.5 Å². The monoisotopic (exact) mass is 353 g/mol. The number of hydrogen-bond acceptors (Lipinski definition) is 2. The number of hydrogen-bond donors (Lipinski definition) is 1. The summed E-state index contributed by atoms with van der Waals surface area (Å²) < 4.78 is 7.08. The first-order valence-corrected chi connectivity index (χ1v) is 7.62. The van der Waals surface area contributed by atoms with E-state index in [0.717, 1.165) is 27.2 Å². The Bertz CT molecular complexity index is 544. The van der Waals surface area contributed by atoms with E-state index in [4.69, 9.17) is 16.3 Å². The average molecular weight is 355 g/mol. The van der Waals surface area contributed by atoms with Gasteiger partial charge >= 0.3 is 0 Å². The van der Waals surface area contributed by atoms with Crippen LogP contribution in [0.2, 0.25) is 5.02 Å². The molecule has 20 heavy (non-hydrogen) atoms. The first-order valence-electron chi connectivity index (χ1n) is 6.45. The number of likely N-dealkylation sites (N-methyl/N-ethyl adjacent to an activating group) is 1. The SMILES string of the molecule is CNCC(OCc1cccc(Cl)c1)c1ccc(Br)cc1. The number of rotatable bonds is 6. The normalized spacial score (nSPS) is 12.3. The van der Waals surface area contributed by atoms with E-state index in [-0.39, 0.29) is 6.10 Å². The van der Waals surface area contributed by atoms with Crippen LogP contribution in [0.4, 0.5) is 0 Å². The third-order valence-electron chi connectivity index (χ3n) is 2.97. The minimum Gasteiger partial charge on any atom is -0.368 e. The van der Waals surface area contributed by atoms with Crippen molar-refractivity contribution in [3.8, 4) is 0 Å². The molecule has 2 aromatic rings. The van der Waals surface area contributed by atoms with Gasteiger partial charge in [0, 0.05) is 16.0 Å². The molecule has 0 aliphatic heterocycles. The van der Waals surface area contributed by atoms with Crippen molar-refractivity contribution in [3.63, 3.8) is 0 Å². The second-order valence-corrected chi connectivity index (χ2v) is 5.89. The standard InChI is InChI=1S/C16H17BrClNO/c1-19-10-16(13-5-7-14(17)8-6-13)20-11-12-3-2-4-15(18)9-12/h2-9,16,19H,10-11H2,1H3. The number of ether oxygens (including phenoxy) is 1. The Labute approximate surface area is 133 Å². The lowest BCUT2D eigenvalue weighted by Crippen LogP contribution is -2.19. The maximum atomic E-state index is 6.01. The predicted octanol–water partition coefficient (Wildman–Crippen LogP) is 4.58. The summed E-state index contributed by atoms with van der Waals surface area (Å²) >= 11 is 9.43. The molecule has 2 rings (SSSR count). The van der Waals surface area contributed by atoms with Crippen LogP contribution in [0.5, 0.6) is 0 Å².